The number of nitrogens with zero attached hydrogens (tertiary/aromatic N) is 2. The average molecular weight is 348 g/mol. The minimum atomic E-state index is 0.676. The molecule has 0 saturated heterocycles. The molecule has 1 N–H and O–H groups in total. The summed E-state index contributed by atoms with van der Waals surface area (Å²) in [4.78, 5) is 8.88. The fourth-order valence-corrected chi connectivity index (χ4v) is 3.16. The Hall–Kier alpha value is -2.42. The van der Waals surface area contributed by atoms with E-state index in [0.717, 1.165) is 36.1 Å². The van der Waals surface area contributed by atoms with Gasteiger partial charge in [-0.25, -0.2) is 9.97 Å². The molecule has 0 bridgehead atoms. The normalized spacial score (nSPS) is 11.5. The number of anilines is 1. The first-order valence-electron chi connectivity index (χ1n) is 9.61. The van der Waals surface area contributed by atoms with Crippen LogP contribution in [-0.4, -0.2) is 16.5 Å². The molecule has 3 nitrogen and oxygen atoms in total. The van der Waals surface area contributed by atoms with E-state index in [4.69, 9.17) is 0 Å². The Morgan fingerprint density at radius 3 is 2.27 bits per heavy atom. The van der Waals surface area contributed by atoms with Crippen LogP contribution in [0.3, 0.4) is 0 Å². The van der Waals surface area contributed by atoms with E-state index < -0.39 is 0 Å². The van der Waals surface area contributed by atoms with E-state index in [2.05, 4.69) is 85.4 Å². The Kier molecular flexibility index (Phi) is 5.87. The van der Waals surface area contributed by atoms with Gasteiger partial charge in [0.2, 0.25) is 0 Å². The largest absolute Gasteiger partial charge is 0.369 e. The van der Waals surface area contributed by atoms with Crippen LogP contribution in [0.1, 0.15) is 39.7 Å². The summed E-state index contributed by atoms with van der Waals surface area (Å²) in [5.74, 6) is 2.28. The van der Waals surface area contributed by atoms with Gasteiger partial charge in [0.15, 0.2) is 0 Å². The number of hydrogen-bond donors (Lipinski definition) is 1. The molecule has 26 heavy (non-hydrogen) atoms. The second kappa shape index (κ2) is 8.31. The zero-order valence-electron chi connectivity index (χ0n) is 16.3. The van der Waals surface area contributed by atoms with Gasteiger partial charge in [-0.2, -0.15) is 0 Å². The highest BCUT2D eigenvalue weighted by atomic mass is 15.0. The first-order valence-corrected chi connectivity index (χ1v) is 9.61. The van der Waals surface area contributed by atoms with Gasteiger partial charge >= 0.3 is 0 Å². The zero-order valence-corrected chi connectivity index (χ0v) is 16.3. The summed E-state index contributed by atoms with van der Waals surface area (Å²) in [6, 6.07) is 15.3. The lowest BCUT2D eigenvalue weighted by atomic mass is 9.98. The molecule has 0 saturated carbocycles. The zero-order chi connectivity index (χ0) is 18.5. The Morgan fingerprint density at radius 1 is 0.846 bits per heavy atom. The Labute approximate surface area is 156 Å². The molecule has 1 aromatic heterocycles. The molecule has 0 atom stereocenters. The maximum atomic E-state index is 4.46. The van der Waals surface area contributed by atoms with Crippen molar-refractivity contribution in [3.05, 3.63) is 54.4 Å². The first kappa shape index (κ1) is 18.4. The maximum absolute atomic E-state index is 4.46. The van der Waals surface area contributed by atoms with Crippen LogP contribution < -0.4 is 5.32 Å². The van der Waals surface area contributed by atoms with Crippen molar-refractivity contribution in [1.29, 1.82) is 0 Å². The lowest BCUT2D eigenvalue weighted by Crippen LogP contribution is -2.06. The molecule has 3 heteroatoms. The highest BCUT2D eigenvalue weighted by molar-refractivity contribution is 5.92. The Bertz CT molecular complexity index is 851. The molecule has 0 fully saturated rings. The summed E-state index contributed by atoms with van der Waals surface area (Å²) < 4.78 is 0. The maximum Gasteiger partial charge on any atom is 0.137 e. The molecule has 1 heterocycles. The number of aromatic nitrogens is 2. The van der Waals surface area contributed by atoms with Crippen molar-refractivity contribution in [2.75, 3.05) is 11.9 Å². The predicted octanol–water partition coefficient (Wildman–Crippen LogP) is 5.95. The third kappa shape index (κ3) is 4.60. The monoisotopic (exact) mass is 347 g/mol. The van der Waals surface area contributed by atoms with E-state index in [0.29, 0.717) is 11.8 Å². The van der Waals surface area contributed by atoms with Gasteiger partial charge in [-0.15, -0.1) is 0 Å². The number of nitrogens with one attached hydrogen (secondary N) is 1. The fraction of sp³-hybridized carbons (Fsp3) is 0.391. The lowest BCUT2D eigenvalue weighted by molar-refractivity contribution is 0.607. The number of hydrogen-bond acceptors (Lipinski definition) is 3. The highest BCUT2D eigenvalue weighted by Crippen LogP contribution is 2.27. The molecule has 3 rings (SSSR count). The van der Waals surface area contributed by atoms with Gasteiger partial charge in [0.25, 0.3) is 0 Å². The smallest absolute Gasteiger partial charge is 0.137 e. The molecule has 0 unspecified atom stereocenters. The minimum absolute atomic E-state index is 0.676. The molecule has 136 valence electrons. The third-order valence-electron chi connectivity index (χ3n) is 4.58. The fourth-order valence-electron chi connectivity index (χ4n) is 3.16. The van der Waals surface area contributed by atoms with Crippen LogP contribution in [0, 0.1) is 11.8 Å². The van der Waals surface area contributed by atoms with Gasteiger partial charge in [-0.1, -0.05) is 58.0 Å². The second-order valence-electron chi connectivity index (χ2n) is 7.86. The average Bonchev–Trinajstić information content (AvgIpc) is 2.61. The van der Waals surface area contributed by atoms with Crippen LogP contribution in [-0.2, 0) is 6.42 Å². The van der Waals surface area contributed by atoms with Crippen LogP contribution in [0.15, 0.2) is 48.8 Å². The SMILES string of the molecule is CC(C)CCNc1ncnc2ccc(-c3ccc(CC(C)C)cc3)cc12. The summed E-state index contributed by atoms with van der Waals surface area (Å²) in [5, 5.41) is 4.56. The van der Waals surface area contributed by atoms with E-state index in [1.165, 1.54) is 16.7 Å². The summed E-state index contributed by atoms with van der Waals surface area (Å²) in [7, 11) is 0. The predicted molar refractivity (Wildman–Crippen MR) is 111 cm³/mol. The van der Waals surface area contributed by atoms with Gasteiger partial charge in [-0.05, 0) is 53.5 Å². The van der Waals surface area contributed by atoms with Crippen LogP contribution >= 0.6 is 0 Å². The molecular weight excluding hydrogens is 318 g/mol. The van der Waals surface area contributed by atoms with Crippen molar-refractivity contribution in [3.63, 3.8) is 0 Å². The summed E-state index contributed by atoms with van der Waals surface area (Å²) in [6.45, 7) is 9.91. The highest BCUT2D eigenvalue weighted by Gasteiger charge is 2.07. The van der Waals surface area contributed by atoms with Crippen molar-refractivity contribution < 1.29 is 0 Å². The van der Waals surface area contributed by atoms with Crippen LogP contribution in [0.25, 0.3) is 22.0 Å². The second-order valence-corrected chi connectivity index (χ2v) is 7.86. The van der Waals surface area contributed by atoms with E-state index in [1.54, 1.807) is 6.33 Å². The van der Waals surface area contributed by atoms with Crippen LogP contribution in [0.4, 0.5) is 5.82 Å². The van der Waals surface area contributed by atoms with Crippen molar-refractivity contribution in [3.8, 4) is 11.1 Å². The van der Waals surface area contributed by atoms with E-state index in [1.807, 2.05) is 0 Å². The van der Waals surface area contributed by atoms with Gasteiger partial charge in [0.05, 0.1) is 5.52 Å². The van der Waals surface area contributed by atoms with Gasteiger partial charge < -0.3 is 5.32 Å². The Balaban J connectivity index is 1.87. The molecule has 2 aromatic carbocycles. The molecule has 0 aliphatic heterocycles. The van der Waals surface area contributed by atoms with Crippen LogP contribution in [0.2, 0.25) is 0 Å². The number of rotatable bonds is 7. The quantitative estimate of drug-likeness (QED) is 0.573. The molecule has 3 aromatic rings. The molecule has 0 spiro atoms. The van der Waals surface area contributed by atoms with Crippen molar-refractivity contribution in [1.82, 2.24) is 9.97 Å². The third-order valence-corrected chi connectivity index (χ3v) is 4.58. The van der Waals surface area contributed by atoms with Crippen molar-refractivity contribution in [2.45, 2.75) is 40.5 Å². The molecule has 0 radical (unpaired) electrons. The molecular formula is C23H29N3. The molecule has 0 aliphatic carbocycles. The number of benzene rings is 2. The van der Waals surface area contributed by atoms with E-state index >= 15 is 0 Å². The topological polar surface area (TPSA) is 37.8 Å². The van der Waals surface area contributed by atoms with Gasteiger partial charge in [0, 0.05) is 11.9 Å². The lowest BCUT2D eigenvalue weighted by Gasteiger charge is -2.11. The first-order chi connectivity index (χ1) is 12.5. The van der Waals surface area contributed by atoms with Gasteiger partial charge in [0.1, 0.15) is 12.1 Å². The molecule has 0 amide bonds. The van der Waals surface area contributed by atoms with E-state index in [-0.39, 0.29) is 0 Å². The number of fused-ring (bicyclic) bond motifs is 1. The minimum Gasteiger partial charge on any atom is -0.369 e. The van der Waals surface area contributed by atoms with Gasteiger partial charge in [-0.3, -0.25) is 0 Å². The summed E-state index contributed by atoms with van der Waals surface area (Å²) in [5.41, 5.74) is 4.81. The van der Waals surface area contributed by atoms with E-state index in [9.17, 15) is 0 Å². The standard InChI is InChI=1S/C23H29N3/c1-16(2)11-12-24-23-21-14-20(9-10-22(21)25-15-26-23)19-7-5-18(6-8-19)13-17(3)4/h5-10,14-17H,11-13H2,1-4H3,(H,24,25,26). The summed E-state index contributed by atoms with van der Waals surface area (Å²) >= 11 is 0. The van der Waals surface area contributed by atoms with Crippen molar-refractivity contribution in [2.24, 2.45) is 11.8 Å². The Morgan fingerprint density at radius 2 is 1.58 bits per heavy atom. The molecule has 0 aliphatic rings. The summed E-state index contributed by atoms with van der Waals surface area (Å²) in [6.07, 6.45) is 3.89. The van der Waals surface area contributed by atoms with Crippen molar-refractivity contribution >= 4 is 16.7 Å². The van der Waals surface area contributed by atoms with Crippen LogP contribution in [0.5, 0.6) is 0 Å².